The number of amides is 1. The van der Waals surface area contributed by atoms with Crippen molar-refractivity contribution in [2.75, 3.05) is 19.8 Å². The van der Waals surface area contributed by atoms with E-state index in [1.807, 2.05) is 6.08 Å². The van der Waals surface area contributed by atoms with Gasteiger partial charge in [-0.25, -0.2) is 0 Å². The molecule has 2 fully saturated rings. The molecule has 0 bridgehead atoms. The number of allylic oxidation sites excluding steroid dienone is 19. The molecule has 9 N–H and O–H groups in total. The van der Waals surface area contributed by atoms with Crippen LogP contribution in [0.3, 0.4) is 0 Å². The summed E-state index contributed by atoms with van der Waals surface area (Å²) in [7, 11) is 0. The Bertz CT molecular complexity index is 2180. The van der Waals surface area contributed by atoms with Gasteiger partial charge in [-0.2, -0.15) is 0 Å². The lowest BCUT2D eigenvalue weighted by Crippen LogP contribution is -2.65. The van der Waals surface area contributed by atoms with Gasteiger partial charge in [0, 0.05) is 6.42 Å². The lowest BCUT2D eigenvalue weighted by atomic mass is 9.97. The summed E-state index contributed by atoms with van der Waals surface area (Å²) in [6, 6.07) is -0.949. The molecule has 2 aliphatic rings. The highest BCUT2D eigenvalue weighted by Crippen LogP contribution is 2.30. The number of nitrogens with one attached hydrogen (secondary N) is 1. The number of aliphatic hydroxyl groups excluding tert-OH is 8. The van der Waals surface area contributed by atoms with Gasteiger partial charge in [-0.15, -0.1) is 0 Å². The van der Waals surface area contributed by atoms with Crippen LogP contribution in [-0.2, 0) is 23.7 Å². The van der Waals surface area contributed by atoms with Crippen LogP contribution in [0.1, 0.15) is 335 Å². The van der Waals surface area contributed by atoms with Crippen LogP contribution >= 0.6 is 0 Å². The second-order valence-corrected chi connectivity index (χ2v) is 28.9. The van der Waals surface area contributed by atoms with Gasteiger partial charge in [0.2, 0.25) is 5.91 Å². The van der Waals surface area contributed by atoms with Crippen LogP contribution in [0, 0.1) is 0 Å². The first-order chi connectivity index (χ1) is 50.1. The minimum Gasteiger partial charge on any atom is -0.394 e. The highest BCUT2D eigenvalue weighted by Gasteiger charge is 2.51. The Morgan fingerprint density at radius 3 is 1.08 bits per heavy atom. The molecule has 14 nitrogen and oxygen atoms in total. The van der Waals surface area contributed by atoms with E-state index < -0.39 is 86.8 Å². The number of hydrogen-bond donors (Lipinski definition) is 9. The van der Waals surface area contributed by atoms with Crippen LogP contribution < -0.4 is 5.32 Å². The average molecular weight is 1430 g/mol. The van der Waals surface area contributed by atoms with Crippen molar-refractivity contribution in [1.82, 2.24) is 5.32 Å². The summed E-state index contributed by atoms with van der Waals surface area (Å²) in [5, 5.41) is 87.7. The Morgan fingerprint density at radius 1 is 0.363 bits per heavy atom. The molecule has 12 atom stereocenters. The molecule has 2 heterocycles. The third-order valence-corrected chi connectivity index (χ3v) is 19.6. The molecule has 2 rings (SSSR count). The Morgan fingerprint density at radius 2 is 0.686 bits per heavy atom. The quantitative estimate of drug-likeness (QED) is 0.0204. The van der Waals surface area contributed by atoms with Crippen molar-refractivity contribution in [3.05, 3.63) is 122 Å². The van der Waals surface area contributed by atoms with Gasteiger partial charge in [0.25, 0.3) is 0 Å². The summed E-state index contributed by atoms with van der Waals surface area (Å²) in [5.41, 5.74) is 0. The molecule has 588 valence electrons. The first-order valence-corrected chi connectivity index (χ1v) is 41.8. The van der Waals surface area contributed by atoms with Gasteiger partial charge in [-0.05, 0) is 103 Å². The van der Waals surface area contributed by atoms with Crippen molar-refractivity contribution < 1.29 is 64.6 Å². The number of ether oxygens (including phenoxy) is 4. The summed E-state index contributed by atoms with van der Waals surface area (Å²) in [6.45, 7) is 2.70. The van der Waals surface area contributed by atoms with E-state index in [9.17, 15) is 45.6 Å². The zero-order valence-electron chi connectivity index (χ0n) is 64.6. The smallest absolute Gasteiger partial charge is 0.220 e. The molecular formula is C88H153NO13. The maximum Gasteiger partial charge on any atom is 0.220 e. The average Bonchev–Trinajstić information content (AvgIpc) is 0.790. The Labute approximate surface area is 622 Å². The van der Waals surface area contributed by atoms with Crippen molar-refractivity contribution in [3.63, 3.8) is 0 Å². The Kier molecular flexibility index (Phi) is 65.2. The molecule has 2 aliphatic heterocycles. The number of hydrogen-bond acceptors (Lipinski definition) is 13. The maximum atomic E-state index is 13.4. The highest BCUT2D eigenvalue weighted by molar-refractivity contribution is 5.76. The monoisotopic (exact) mass is 1430 g/mol. The molecular weight excluding hydrogens is 1280 g/mol. The lowest BCUT2D eigenvalue weighted by Gasteiger charge is -2.46. The van der Waals surface area contributed by atoms with E-state index in [-0.39, 0.29) is 18.9 Å². The van der Waals surface area contributed by atoms with Gasteiger partial charge in [0.1, 0.15) is 48.8 Å². The summed E-state index contributed by atoms with van der Waals surface area (Å²) in [6.07, 6.45) is 87.2. The van der Waals surface area contributed by atoms with E-state index in [1.54, 1.807) is 6.08 Å². The minimum atomic E-state index is -1.80. The number of aliphatic hydroxyl groups is 8. The summed E-state index contributed by atoms with van der Waals surface area (Å²) in [4.78, 5) is 13.4. The largest absolute Gasteiger partial charge is 0.394 e. The zero-order valence-corrected chi connectivity index (χ0v) is 64.6. The molecule has 0 aromatic rings. The van der Waals surface area contributed by atoms with E-state index in [1.165, 1.54) is 205 Å². The van der Waals surface area contributed by atoms with Crippen LogP contribution in [0.2, 0.25) is 0 Å². The first-order valence-electron chi connectivity index (χ1n) is 41.8. The molecule has 0 spiro atoms. The predicted octanol–water partition coefficient (Wildman–Crippen LogP) is 19.6. The third kappa shape index (κ3) is 52.4. The number of carbonyl (C=O) groups is 1. The van der Waals surface area contributed by atoms with Crippen LogP contribution in [0.15, 0.2) is 122 Å². The fraction of sp³-hybridized carbons (Fsp3) is 0.761. The zero-order chi connectivity index (χ0) is 73.7. The van der Waals surface area contributed by atoms with Crippen molar-refractivity contribution >= 4 is 5.91 Å². The fourth-order valence-electron chi connectivity index (χ4n) is 13.1. The van der Waals surface area contributed by atoms with Crippen molar-refractivity contribution in [3.8, 4) is 0 Å². The van der Waals surface area contributed by atoms with Gasteiger partial charge in [0.15, 0.2) is 12.6 Å². The van der Waals surface area contributed by atoms with E-state index in [2.05, 4.69) is 129 Å². The number of unbranched alkanes of at least 4 members (excludes halogenated alkanes) is 38. The van der Waals surface area contributed by atoms with Crippen LogP contribution in [0.5, 0.6) is 0 Å². The van der Waals surface area contributed by atoms with Crippen molar-refractivity contribution in [2.24, 2.45) is 0 Å². The van der Waals surface area contributed by atoms with E-state index >= 15 is 0 Å². The Hall–Kier alpha value is -3.61. The topological polar surface area (TPSA) is 228 Å². The molecule has 0 aliphatic carbocycles. The second kappa shape index (κ2) is 70.4. The number of carbonyl (C=O) groups excluding carboxylic acids is 1. The van der Waals surface area contributed by atoms with Gasteiger partial charge >= 0.3 is 0 Å². The third-order valence-electron chi connectivity index (χ3n) is 19.6. The van der Waals surface area contributed by atoms with Crippen LogP contribution in [0.4, 0.5) is 0 Å². The maximum absolute atomic E-state index is 13.4. The molecule has 14 heteroatoms. The van der Waals surface area contributed by atoms with Gasteiger partial charge in [-0.3, -0.25) is 4.79 Å². The molecule has 0 saturated carbocycles. The first kappa shape index (κ1) is 94.5. The van der Waals surface area contributed by atoms with Crippen molar-refractivity contribution in [2.45, 2.75) is 408 Å². The molecule has 12 unspecified atom stereocenters. The lowest BCUT2D eigenvalue weighted by molar-refractivity contribution is -0.359. The molecule has 0 aromatic heterocycles. The molecule has 0 aromatic carbocycles. The highest BCUT2D eigenvalue weighted by atomic mass is 16.7. The molecule has 102 heavy (non-hydrogen) atoms. The van der Waals surface area contributed by atoms with Crippen molar-refractivity contribution in [1.29, 1.82) is 0 Å². The normalized spacial score (nSPS) is 22.3. The van der Waals surface area contributed by atoms with Crippen LogP contribution in [-0.4, -0.2) is 140 Å². The Balaban J connectivity index is 1.63. The fourth-order valence-corrected chi connectivity index (χ4v) is 13.1. The summed E-state index contributed by atoms with van der Waals surface area (Å²) >= 11 is 0. The second-order valence-electron chi connectivity index (χ2n) is 28.9. The van der Waals surface area contributed by atoms with E-state index in [0.29, 0.717) is 12.8 Å². The van der Waals surface area contributed by atoms with Crippen LogP contribution in [0.25, 0.3) is 0 Å². The summed E-state index contributed by atoms with van der Waals surface area (Å²) < 4.78 is 22.9. The minimum absolute atomic E-state index is 0.256. The standard InChI is InChI=1S/C88H153NO13/c1-3-5-7-9-11-13-15-17-19-21-23-25-27-29-31-33-35-37-38-40-42-44-46-48-50-52-54-56-58-60-62-64-66-68-70-72-80(93)89-76(75-99-87-85(98)83(96)86(79(74-91)101-87)102-88-84(97)82(95)81(94)78(73-90)100-88)77(92)71-69-67-65-63-61-59-57-55-53-51-49-47-45-43-41-39-36-34-32-30-28-26-24-22-20-18-16-14-12-10-8-6-4-2/h5,7,11,13,17,19,23,25,29,31,35,37,40,42,53,55,61,63,69,71,76-79,81-88,90-92,94-98H,3-4,6,8-10,12,14-16,18,20-22,24,26-28,30,32-34,36,38-39,41,43-52,54,56-60,62,64-68,70,72-75H2,1-2H3,(H,89,93)/b7-5-,13-11-,19-17-,25-23-,31-29-,37-35-,42-40-,55-53+,63-61+,71-69+. The molecule has 1 amide bonds. The van der Waals surface area contributed by atoms with Gasteiger partial charge in [0.05, 0.1) is 32.0 Å². The predicted molar refractivity (Wildman–Crippen MR) is 424 cm³/mol. The van der Waals surface area contributed by atoms with Gasteiger partial charge < -0.3 is 65.1 Å². The van der Waals surface area contributed by atoms with E-state index in [4.69, 9.17) is 18.9 Å². The molecule has 0 radical (unpaired) electrons. The van der Waals surface area contributed by atoms with E-state index in [0.717, 1.165) is 96.3 Å². The number of rotatable bonds is 69. The molecule has 2 saturated heterocycles. The summed E-state index contributed by atoms with van der Waals surface area (Å²) in [5.74, 6) is -0.256. The van der Waals surface area contributed by atoms with Gasteiger partial charge in [-0.1, -0.05) is 347 Å². The SMILES string of the molecule is CC/C=C\C/C=C\C/C=C\C/C=C\C/C=C\C/C=C\C/C=C\CCCCCCCCCCCCCCCC(=O)NC(COC1OC(CO)C(OC2OC(CO)C(O)C(O)C2O)C(O)C1O)C(O)/C=C/CC/C=C/CC/C=C/CCCCCCCCCCCCCCCCCCCCCCCCC.